The number of hydrogen-bond donors (Lipinski definition) is 0. The van der Waals surface area contributed by atoms with Gasteiger partial charge in [-0.2, -0.15) is 5.10 Å². The lowest BCUT2D eigenvalue weighted by molar-refractivity contribution is 0.0741. The summed E-state index contributed by atoms with van der Waals surface area (Å²) in [5, 5.41) is 4.36. The first-order chi connectivity index (χ1) is 11.7. The van der Waals surface area contributed by atoms with E-state index < -0.39 is 9.84 Å². The molecule has 7 heteroatoms. The number of benzene rings is 1. The van der Waals surface area contributed by atoms with Gasteiger partial charge in [0.15, 0.2) is 15.5 Å². The summed E-state index contributed by atoms with van der Waals surface area (Å²) in [6, 6.07) is 7.69. The van der Waals surface area contributed by atoms with E-state index in [9.17, 15) is 13.2 Å². The fourth-order valence-electron chi connectivity index (χ4n) is 3.26. The van der Waals surface area contributed by atoms with Crippen LogP contribution in [-0.2, 0) is 16.9 Å². The van der Waals surface area contributed by atoms with Crippen LogP contribution < -0.4 is 0 Å². The maximum Gasteiger partial charge on any atom is 0.274 e. The summed E-state index contributed by atoms with van der Waals surface area (Å²) in [6.45, 7) is 4.05. The first-order valence-corrected chi connectivity index (χ1v) is 10.1. The second-order valence-electron chi connectivity index (χ2n) is 6.83. The molecule has 1 aliphatic rings. The van der Waals surface area contributed by atoms with Gasteiger partial charge in [-0.3, -0.25) is 9.48 Å². The lowest BCUT2D eigenvalue weighted by Crippen LogP contribution is -2.38. The van der Waals surface area contributed by atoms with Crippen molar-refractivity contribution >= 4 is 15.7 Å². The number of amides is 1. The van der Waals surface area contributed by atoms with Crippen molar-refractivity contribution in [3.8, 4) is 11.3 Å². The van der Waals surface area contributed by atoms with E-state index in [0.29, 0.717) is 12.1 Å². The summed E-state index contributed by atoms with van der Waals surface area (Å²) in [4.78, 5) is 14.3. The summed E-state index contributed by atoms with van der Waals surface area (Å²) in [5.41, 5.74) is 4.51. The minimum absolute atomic E-state index is 0.0336. The Balaban J connectivity index is 1.89. The Kier molecular flexibility index (Phi) is 4.45. The monoisotopic (exact) mass is 361 g/mol. The second kappa shape index (κ2) is 6.29. The third kappa shape index (κ3) is 3.46. The predicted octanol–water partition coefficient (Wildman–Crippen LogP) is 1.96. The molecule has 0 radical (unpaired) electrons. The van der Waals surface area contributed by atoms with Crippen molar-refractivity contribution in [2.24, 2.45) is 7.05 Å². The Hall–Kier alpha value is -2.15. The van der Waals surface area contributed by atoms with E-state index in [4.69, 9.17) is 0 Å². The number of nitrogens with zero attached hydrogens (tertiary/aromatic N) is 3. The molecule has 1 aromatic heterocycles. The fourth-order valence-corrected chi connectivity index (χ4v) is 5.04. The largest absolute Gasteiger partial charge is 0.336 e. The summed E-state index contributed by atoms with van der Waals surface area (Å²) in [6.07, 6.45) is 0.487. The lowest BCUT2D eigenvalue weighted by atomic mass is 10.0. The van der Waals surface area contributed by atoms with Crippen LogP contribution in [0.5, 0.6) is 0 Å². The zero-order valence-corrected chi connectivity index (χ0v) is 15.8. The molecule has 1 amide bonds. The van der Waals surface area contributed by atoms with Gasteiger partial charge in [0.1, 0.15) is 0 Å². The van der Waals surface area contributed by atoms with Gasteiger partial charge in [0, 0.05) is 25.7 Å². The highest BCUT2D eigenvalue weighted by atomic mass is 32.2. The molecule has 1 unspecified atom stereocenters. The zero-order valence-electron chi connectivity index (χ0n) is 15.0. The van der Waals surface area contributed by atoms with Crippen molar-refractivity contribution in [2.75, 3.05) is 18.6 Å². The normalized spacial score (nSPS) is 19.1. The van der Waals surface area contributed by atoms with Crippen LogP contribution in [0.15, 0.2) is 24.3 Å². The zero-order chi connectivity index (χ0) is 18.4. The molecular formula is C18H23N3O3S. The Bertz CT molecular complexity index is 931. The molecule has 0 saturated carbocycles. The molecule has 0 N–H and O–H groups in total. The van der Waals surface area contributed by atoms with E-state index in [2.05, 4.69) is 23.3 Å². The molecule has 6 nitrogen and oxygen atoms in total. The molecule has 2 aromatic rings. The molecule has 1 saturated heterocycles. The van der Waals surface area contributed by atoms with Crippen LogP contribution in [0.25, 0.3) is 11.3 Å². The first-order valence-electron chi connectivity index (χ1n) is 8.27. The van der Waals surface area contributed by atoms with Crippen LogP contribution in [0.2, 0.25) is 0 Å². The highest BCUT2D eigenvalue weighted by Gasteiger charge is 2.33. The smallest absolute Gasteiger partial charge is 0.274 e. The molecule has 3 rings (SSSR count). The lowest BCUT2D eigenvalue weighted by Gasteiger charge is -2.22. The van der Waals surface area contributed by atoms with E-state index in [1.165, 1.54) is 4.90 Å². The van der Waals surface area contributed by atoms with Crippen LogP contribution in [-0.4, -0.2) is 53.6 Å². The maximum absolute atomic E-state index is 12.7. The number of aryl methyl sites for hydroxylation is 3. The molecule has 1 atom stereocenters. The van der Waals surface area contributed by atoms with E-state index in [1.807, 2.05) is 20.9 Å². The topological polar surface area (TPSA) is 72.3 Å². The molecule has 1 fully saturated rings. The average molecular weight is 361 g/mol. The first kappa shape index (κ1) is 17.7. The molecule has 134 valence electrons. The second-order valence-corrected chi connectivity index (χ2v) is 9.06. The number of carbonyl (C=O) groups excluding carboxylic acids is 1. The quantitative estimate of drug-likeness (QED) is 0.838. The van der Waals surface area contributed by atoms with Crippen molar-refractivity contribution in [1.82, 2.24) is 14.7 Å². The summed E-state index contributed by atoms with van der Waals surface area (Å²) in [7, 11) is 0.434. The van der Waals surface area contributed by atoms with Gasteiger partial charge in [0.25, 0.3) is 5.91 Å². The van der Waals surface area contributed by atoms with Gasteiger partial charge in [-0.1, -0.05) is 17.7 Å². The standard InChI is InChI=1S/C18H23N3O3S/c1-12-5-6-13(2)15(9-12)17-10-16(19-21(17)4)18(22)20(3)14-7-8-25(23,24)11-14/h5-6,9-10,14H,7-8,11H2,1-4H3. The molecule has 1 aliphatic heterocycles. The van der Waals surface area contributed by atoms with Gasteiger partial charge in [0.2, 0.25) is 0 Å². The van der Waals surface area contributed by atoms with Crippen molar-refractivity contribution in [1.29, 1.82) is 0 Å². The Morgan fingerprint density at radius 2 is 2.00 bits per heavy atom. The van der Waals surface area contributed by atoms with E-state index in [0.717, 1.165) is 22.4 Å². The Morgan fingerprint density at radius 3 is 2.64 bits per heavy atom. The van der Waals surface area contributed by atoms with E-state index >= 15 is 0 Å². The SMILES string of the molecule is Cc1ccc(C)c(-c2cc(C(=O)N(C)C3CCS(=O)(=O)C3)nn2C)c1. The predicted molar refractivity (Wildman–Crippen MR) is 97.3 cm³/mol. The van der Waals surface area contributed by atoms with Gasteiger partial charge in [-0.05, 0) is 38.0 Å². The van der Waals surface area contributed by atoms with Crippen LogP contribution >= 0.6 is 0 Å². The molecule has 25 heavy (non-hydrogen) atoms. The molecule has 1 aromatic carbocycles. The molecule has 0 bridgehead atoms. The summed E-state index contributed by atoms with van der Waals surface area (Å²) >= 11 is 0. The van der Waals surface area contributed by atoms with Crippen molar-refractivity contribution in [3.63, 3.8) is 0 Å². The van der Waals surface area contributed by atoms with Gasteiger partial charge in [-0.15, -0.1) is 0 Å². The fraction of sp³-hybridized carbons (Fsp3) is 0.444. The number of hydrogen-bond acceptors (Lipinski definition) is 4. The summed E-state index contributed by atoms with van der Waals surface area (Å²) in [5.74, 6) is -0.0637. The van der Waals surface area contributed by atoms with Crippen LogP contribution in [0.3, 0.4) is 0 Å². The number of aromatic nitrogens is 2. The average Bonchev–Trinajstić information content (AvgIpc) is 3.11. The van der Waals surface area contributed by atoms with Gasteiger partial charge >= 0.3 is 0 Å². The molecule has 2 heterocycles. The summed E-state index contributed by atoms with van der Waals surface area (Å²) < 4.78 is 25.0. The third-order valence-corrected chi connectivity index (χ3v) is 6.59. The van der Waals surface area contributed by atoms with Crippen molar-refractivity contribution in [2.45, 2.75) is 26.3 Å². The Labute approximate surface area is 148 Å². The molecular weight excluding hydrogens is 338 g/mol. The Morgan fingerprint density at radius 1 is 1.28 bits per heavy atom. The minimum atomic E-state index is -3.03. The van der Waals surface area contributed by atoms with Crippen molar-refractivity contribution < 1.29 is 13.2 Å². The number of carbonyl (C=O) groups is 1. The third-order valence-electron chi connectivity index (χ3n) is 4.84. The highest BCUT2D eigenvalue weighted by molar-refractivity contribution is 7.91. The van der Waals surface area contributed by atoms with Gasteiger partial charge in [-0.25, -0.2) is 8.42 Å². The highest BCUT2D eigenvalue weighted by Crippen LogP contribution is 2.26. The molecule has 0 aliphatic carbocycles. The van der Waals surface area contributed by atoms with Crippen LogP contribution in [0.4, 0.5) is 0 Å². The molecule has 0 spiro atoms. The minimum Gasteiger partial charge on any atom is -0.336 e. The van der Waals surface area contributed by atoms with Crippen molar-refractivity contribution in [3.05, 3.63) is 41.1 Å². The number of rotatable bonds is 3. The van der Waals surface area contributed by atoms with E-state index in [1.54, 1.807) is 17.8 Å². The van der Waals surface area contributed by atoms with Crippen LogP contribution in [0, 0.1) is 13.8 Å². The van der Waals surface area contributed by atoms with E-state index in [-0.39, 0.29) is 23.5 Å². The number of sulfone groups is 1. The van der Waals surface area contributed by atoms with Crippen LogP contribution in [0.1, 0.15) is 28.0 Å². The van der Waals surface area contributed by atoms with Gasteiger partial charge < -0.3 is 4.90 Å². The van der Waals surface area contributed by atoms with Gasteiger partial charge in [0.05, 0.1) is 17.2 Å². The maximum atomic E-state index is 12.7.